The Kier molecular flexibility index (Phi) is 4.12. The van der Waals surface area contributed by atoms with Crippen LogP contribution in [0.25, 0.3) is 0 Å². The third kappa shape index (κ3) is 2.97. The first-order valence-electron chi connectivity index (χ1n) is 5.35. The van der Waals surface area contributed by atoms with Gasteiger partial charge in [0.25, 0.3) is 0 Å². The number of rotatable bonds is 3. The number of benzene rings is 2. The van der Waals surface area contributed by atoms with Gasteiger partial charge in [-0.3, -0.25) is 10.1 Å². The summed E-state index contributed by atoms with van der Waals surface area (Å²) in [5.74, 6) is -5.76. The lowest BCUT2D eigenvalue weighted by Crippen LogP contribution is -2.05. The summed E-state index contributed by atoms with van der Waals surface area (Å²) in [5, 5.41) is 12.8. The highest BCUT2D eigenvalue weighted by molar-refractivity contribution is 9.10. The Bertz CT molecular complexity index is 740. The van der Waals surface area contributed by atoms with Gasteiger partial charge in [0.2, 0.25) is 5.82 Å². The molecule has 21 heavy (non-hydrogen) atoms. The molecule has 0 saturated carbocycles. The first-order chi connectivity index (χ1) is 9.81. The van der Waals surface area contributed by atoms with Crippen molar-refractivity contribution < 1.29 is 22.5 Å². The number of nitro benzene ring substituents is 1. The fraction of sp³-hybridized carbons (Fsp3) is 0. The van der Waals surface area contributed by atoms with Gasteiger partial charge in [-0.15, -0.1) is 0 Å². The molecule has 9 heteroatoms. The van der Waals surface area contributed by atoms with E-state index in [1.807, 2.05) is 5.32 Å². The van der Waals surface area contributed by atoms with Crippen molar-refractivity contribution in [2.45, 2.75) is 0 Å². The molecule has 0 unspecified atom stereocenters. The third-order valence-corrected chi connectivity index (χ3v) is 3.01. The van der Waals surface area contributed by atoms with Crippen LogP contribution in [0.5, 0.6) is 0 Å². The molecule has 0 aliphatic rings. The summed E-state index contributed by atoms with van der Waals surface area (Å²) < 4.78 is 54.2. The number of halogens is 5. The van der Waals surface area contributed by atoms with Crippen molar-refractivity contribution in [3.8, 4) is 0 Å². The van der Waals surface area contributed by atoms with E-state index in [1.165, 1.54) is 6.07 Å². The molecule has 0 radical (unpaired) electrons. The molecule has 2 aromatic rings. The van der Waals surface area contributed by atoms with E-state index in [0.717, 1.165) is 12.1 Å². The molecule has 0 aromatic heterocycles. The predicted molar refractivity (Wildman–Crippen MR) is 70.4 cm³/mol. The molecule has 0 aliphatic carbocycles. The molecule has 0 spiro atoms. The summed E-state index contributed by atoms with van der Waals surface area (Å²) in [6.07, 6.45) is 0. The number of nitrogens with one attached hydrogen (secondary N) is 1. The van der Waals surface area contributed by atoms with Gasteiger partial charge >= 0.3 is 5.69 Å². The van der Waals surface area contributed by atoms with Gasteiger partial charge in [0, 0.05) is 10.5 Å². The quantitative estimate of drug-likeness (QED) is 0.373. The van der Waals surface area contributed by atoms with Crippen LogP contribution < -0.4 is 5.32 Å². The van der Waals surface area contributed by atoms with E-state index in [9.17, 15) is 27.7 Å². The maximum Gasteiger partial charge on any atom is 0.331 e. The molecule has 0 fully saturated rings. The fourth-order valence-electron chi connectivity index (χ4n) is 1.60. The summed E-state index contributed by atoms with van der Waals surface area (Å²) >= 11 is 2.99. The zero-order valence-electron chi connectivity index (χ0n) is 9.96. The highest BCUT2D eigenvalue weighted by atomic mass is 79.9. The molecular weight excluding hydrogens is 360 g/mol. The number of hydrogen-bond donors (Lipinski definition) is 1. The van der Waals surface area contributed by atoms with Gasteiger partial charge in [0.05, 0.1) is 10.6 Å². The minimum Gasteiger partial charge on any atom is -0.345 e. The van der Waals surface area contributed by atoms with Crippen molar-refractivity contribution in [3.05, 3.63) is 62.1 Å². The van der Waals surface area contributed by atoms with E-state index < -0.39 is 39.6 Å². The minimum atomic E-state index is -1.68. The second kappa shape index (κ2) is 5.68. The lowest BCUT2D eigenvalue weighted by molar-refractivity contribution is -0.386. The Morgan fingerprint density at radius 2 is 1.71 bits per heavy atom. The van der Waals surface area contributed by atoms with Crippen LogP contribution in [0.1, 0.15) is 0 Å². The van der Waals surface area contributed by atoms with Crippen molar-refractivity contribution in [1.82, 2.24) is 0 Å². The van der Waals surface area contributed by atoms with Crippen LogP contribution in [0, 0.1) is 33.4 Å². The Hall–Kier alpha value is -2.16. The molecule has 0 heterocycles. The molecule has 110 valence electrons. The van der Waals surface area contributed by atoms with Crippen molar-refractivity contribution >= 4 is 33.0 Å². The number of nitro groups is 1. The van der Waals surface area contributed by atoms with Gasteiger partial charge in [-0.25, -0.2) is 13.2 Å². The van der Waals surface area contributed by atoms with Crippen molar-refractivity contribution in [1.29, 1.82) is 0 Å². The Labute approximate surface area is 123 Å². The monoisotopic (exact) mass is 364 g/mol. The average molecular weight is 365 g/mol. The van der Waals surface area contributed by atoms with Gasteiger partial charge < -0.3 is 5.32 Å². The number of hydrogen-bond acceptors (Lipinski definition) is 3. The number of anilines is 2. The van der Waals surface area contributed by atoms with E-state index in [-0.39, 0.29) is 11.8 Å². The SMILES string of the molecule is O=[N+]([O-])c1c(F)cc(F)c(F)c1Nc1ccc(Br)cc1F. The molecule has 2 aromatic carbocycles. The standard InChI is InChI=1S/C12H5BrF4N2O2/c13-5-1-2-9(6(14)3-5)18-11-10(17)7(15)4-8(16)12(11)19(20)21/h1-4,18H. The minimum absolute atomic E-state index is 0.0522. The van der Waals surface area contributed by atoms with Gasteiger partial charge in [-0.2, -0.15) is 4.39 Å². The summed E-state index contributed by atoms with van der Waals surface area (Å²) in [4.78, 5) is 9.55. The van der Waals surface area contributed by atoms with Crippen molar-refractivity contribution in [2.75, 3.05) is 5.32 Å². The van der Waals surface area contributed by atoms with Gasteiger partial charge in [0.15, 0.2) is 17.3 Å². The fourth-order valence-corrected chi connectivity index (χ4v) is 1.94. The lowest BCUT2D eigenvalue weighted by Gasteiger charge is -2.10. The molecule has 1 N–H and O–H groups in total. The molecule has 0 atom stereocenters. The van der Waals surface area contributed by atoms with E-state index in [0.29, 0.717) is 4.47 Å². The Morgan fingerprint density at radius 1 is 1.05 bits per heavy atom. The summed E-state index contributed by atoms with van der Waals surface area (Å²) in [6, 6.07) is 3.55. The maximum atomic E-state index is 13.7. The van der Waals surface area contributed by atoms with Gasteiger partial charge in [0.1, 0.15) is 5.82 Å². The molecule has 0 bridgehead atoms. The molecule has 0 aliphatic heterocycles. The Balaban J connectivity index is 2.60. The van der Waals surface area contributed by atoms with Crippen LogP contribution >= 0.6 is 15.9 Å². The largest absolute Gasteiger partial charge is 0.345 e. The third-order valence-electron chi connectivity index (χ3n) is 2.52. The normalized spacial score (nSPS) is 10.5. The number of nitrogens with zero attached hydrogens (tertiary/aromatic N) is 1. The second-order valence-electron chi connectivity index (χ2n) is 3.88. The average Bonchev–Trinajstić information content (AvgIpc) is 2.38. The summed E-state index contributed by atoms with van der Waals surface area (Å²) in [6.45, 7) is 0. The smallest absolute Gasteiger partial charge is 0.331 e. The van der Waals surface area contributed by atoms with Crippen LogP contribution in [0.15, 0.2) is 28.7 Å². The second-order valence-corrected chi connectivity index (χ2v) is 4.80. The zero-order valence-corrected chi connectivity index (χ0v) is 11.5. The molecule has 4 nitrogen and oxygen atoms in total. The molecule has 0 saturated heterocycles. The highest BCUT2D eigenvalue weighted by Gasteiger charge is 2.28. The predicted octanol–water partition coefficient (Wildman–Crippen LogP) is 4.66. The van der Waals surface area contributed by atoms with E-state index in [4.69, 9.17) is 0 Å². The van der Waals surface area contributed by atoms with Crippen LogP contribution in [-0.4, -0.2) is 4.92 Å². The van der Waals surface area contributed by atoms with Crippen LogP contribution in [0.2, 0.25) is 0 Å². The molecular formula is C12H5BrF4N2O2. The van der Waals surface area contributed by atoms with E-state index in [1.54, 1.807) is 0 Å². The topological polar surface area (TPSA) is 55.2 Å². The summed E-state index contributed by atoms with van der Waals surface area (Å²) in [5.41, 5.74) is -2.76. The van der Waals surface area contributed by atoms with Crippen molar-refractivity contribution in [2.24, 2.45) is 0 Å². The van der Waals surface area contributed by atoms with Crippen LogP contribution in [0.3, 0.4) is 0 Å². The molecule has 2 rings (SSSR count). The van der Waals surface area contributed by atoms with E-state index in [2.05, 4.69) is 15.9 Å². The zero-order chi connectivity index (χ0) is 15.7. The Morgan fingerprint density at radius 3 is 2.29 bits per heavy atom. The first kappa shape index (κ1) is 15.2. The van der Waals surface area contributed by atoms with Crippen LogP contribution in [0.4, 0.5) is 34.6 Å². The van der Waals surface area contributed by atoms with Gasteiger partial charge in [-0.1, -0.05) is 15.9 Å². The maximum absolute atomic E-state index is 13.7. The van der Waals surface area contributed by atoms with Crippen molar-refractivity contribution in [3.63, 3.8) is 0 Å². The summed E-state index contributed by atoms with van der Waals surface area (Å²) in [7, 11) is 0. The van der Waals surface area contributed by atoms with Crippen LogP contribution in [-0.2, 0) is 0 Å². The first-order valence-corrected chi connectivity index (χ1v) is 6.14. The van der Waals surface area contributed by atoms with E-state index >= 15 is 0 Å². The highest BCUT2D eigenvalue weighted by Crippen LogP contribution is 2.35. The lowest BCUT2D eigenvalue weighted by atomic mass is 10.2. The van der Waals surface area contributed by atoms with Gasteiger partial charge in [-0.05, 0) is 18.2 Å². The molecule has 0 amide bonds.